The molecule has 1 aromatic carbocycles. The Labute approximate surface area is 90.7 Å². The second-order valence-electron chi connectivity index (χ2n) is 2.62. The Kier molecular flexibility index (Phi) is 4.18. The van der Waals surface area contributed by atoms with Crippen molar-refractivity contribution in [1.82, 2.24) is 0 Å². The quantitative estimate of drug-likeness (QED) is 0.445. The summed E-state index contributed by atoms with van der Waals surface area (Å²) < 4.78 is 36.5. The molecular formula is C9H10F3IN-. The second kappa shape index (κ2) is 4.97. The Bertz CT molecular complexity index is 273. The van der Waals surface area contributed by atoms with E-state index >= 15 is 0 Å². The van der Waals surface area contributed by atoms with E-state index in [-0.39, 0.29) is 4.55 Å². The van der Waals surface area contributed by atoms with Gasteiger partial charge in [-0.2, -0.15) is 0 Å². The third-order valence-corrected chi connectivity index (χ3v) is 4.44. The summed E-state index contributed by atoms with van der Waals surface area (Å²) in [6, 6.07) is 7.96. The molecule has 0 bridgehead atoms. The van der Waals surface area contributed by atoms with Crippen LogP contribution in [0.2, 0.25) is 0 Å². The van der Waals surface area contributed by atoms with Gasteiger partial charge < -0.3 is 0 Å². The van der Waals surface area contributed by atoms with E-state index in [1.165, 1.54) is 12.1 Å². The van der Waals surface area contributed by atoms with Gasteiger partial charge in [-0.15, -0.1) is 0 Å². The fourth-order valence-corrected chi connectivity index (χ4v) is 3.01. The number of alkyl halides is 5. The first-order valence-electron chi connectivity index (χ1n) is 3.95. The zero-order chi connectivity index (χ0) is 10.6. The molecule has 0 aliphatic carbocycles. The Hall–Kier alpha value is -0.300. The first-order valence-corrected chi connectivity index (χ1v) is 6.72. The van der Waals surface area contributed by atoms with E-state index in [4.69, 9.17) is 5.73 Å². The van der Waals surface area contributed by atoms with Gasteiger partial charge in [0, 0.05) is 0 Å². The molecule has 0 spiro atoms. The molecule has 0 saturated heterocycles. The van der Waals surface area contributed by atoms with Gasteiger partial charge in [0.25, 0.3) is 0 Å². The van der Waals surface area contributed by atoms with Crippen LogP contribution in [-0.2, 0) is 0 Å². The van der Waals surface area contributed by atoms with Crippen LogP contribution in [0.4, 0.5) is 13.2 Å². The van der Waals surface area contributed by atoms with Crippen molar-refractivity contribution in [3.63, 3.8) is 0 Å². The van der Waals surface area contributed by atoms with E-state index in [9.17, 15) is 13.2 Å². The molecule has 0 heterocycles. The van der Waals surface area contributed by atoms with Crippen molar-refractivity contribution in [3.8, 4) is 0 Å². The first kappa shape index (κ1) is 11.8. The minimum absolute atomic E-state index is 0.151. The number of benzene rings is 1. The summed E-state index contributed by atoms with van der Waals surface area (Å²) in [5, 5.41) is 0. The molecule has 1 atom stereocenters. The molecule has 14 heavy (non-hydrogen) atoms. The van der Waals surface area contributed by atoms with Crippen LogP contribution in [0.3, 0.4) is 0 Å². The third-order valence-electron chi connectivity index (χ3n) is 1.62. The van der Waals surface area contributed by atoms with Crippen molar-refractivity contribution < 1.29 is 34.4 Å². The summed E-state index contributed by atoms with van der Waals surface area (Å²) in [6.07, 6.45) is -4.16. The second-order valence-corrected chi connectivity index (χ2v) is 5.63. The maximum absolute atomic E-state index is 12.6. The monoisotopic (exact) mass is 316 g/mol. The molecule has 1 nitrogen and oxygen atoms in total. The fourth-order valence-electron chi connectivity index (χ4n) is 1.08. The van der Waals surface area contributed by atoms with Crippen molar-refractivity contribution in [2.45, 2.75) is 10.1 Å². The van der Waals surface area contributed by atoms with Gasteiger partial charge in [0.2, 0.25) is 0 Å². The van der Waals surface area contributed by atoms with Crippen LogP contribution in [-0.4, -0.2) is 10.7 Å². The molecular weight excluding hydrogens is 306 g/mol. The van der Waals surface area contributed by atoms with Crippen LogP contribution in [0.25, 0.3) is 0 Å². The van der Waals surface area contributed by atoms with E-state index in [1.807, 2.05) is 0 Å². The van der Waals surface area contributed by atoms with Gasteiger partial charge >= 0.3 is 90.7 Å². The van der Waals surface area contributed by atoms with Gasteiger partial charge in [-0.3, -0.25) is 0 Å². The van der Waals surface area contributed by atoms with Crippen molar-refractivity contribution in [2.75, 3.05) is 4.55 Å². The van der Waals surface area contributed by atoms with Crippen LogP contribution < -0.4 is 26.9 Å². The molecule has 0 aliphatic rings. The van der Waals surface area contributed by atoms with Gasteiger partial charge in [0.05, 0.1) is 0 Å². The number of hydrogen-bond donors (Lipinski definition) is 1. The minimum atomic E-state index is -4.16. The first-order chi connectivity index (χ1) is 6.55. The van der Waals surface area contributed by atoms with Crippen LogP contribution in [0.5, 0.6) is 0 Å². The fraction of sp³-hybridized carbons (Fsp3) is 0.333. The Morgan fingerprint density at radius 3 is 2.21 bits per heavy atom. The third kappa shape index (κ3) is 3.13. The van der Waals surface area contributed by atoms with Crippen molar-refractivity contribution in [1.29, 1.82) is 0 Å². The van der Waals surface area contributed by atoms with E-state index in [0.717, 1.165) is 0 Å². The maximum atomic E-state index is 12.6. The summed E-state index contributed by atoms with van der Waals surface area (Å²) >= 11 is -1.05. The van der Waals surface area contributed by atoms with E-state index in [2.05, 4.69) is 0 Å². The zero-order valence-electron chi connectivity index (χ0n) is 7.26. The van der Waals surface area contributed by atoms with Gasteiger partial charge in [0.1, 0.15) is 0 Å². The molecule has 5 heteroatoms. The van der Waals surface area contributed by atoms with Crippen LogP contribution in [0.1, 0.15) is 9.49 Å². The average molecular weight is 316 g/mol. The number of nitrogens with two attached hydrogens (primary N) is 1. The standard InChI is InChI=1S/C9H10F3IN/c10-9(11,12)8(13-6-14)7-4-2-1-3-5-7/h1-5,8H,6,14H2/q-1. The number of halogens is 4. The summed E-state index contributed by atoms with van der Waals surface area (Å²) in [6.45, 7) is 0. The Morgan fingerprint density at radius 2 is 1.79 bits per heavy atom. The average Bonchev–Trinajstić information content (AvgIpc) is 2.14. The summed E-state index contributed by atoms with van der Waals surface area (Å²) in [4.78, 5) is 0. The molecule has 0 amide bonds. The van der Waals surface area contributed by atoms with E-state index < -0.39 is 31.3 Å². The normalized spacial score (nSPS) is 14.3. The zero-order valence-corrected chi connectivity index (χ0v) is 9.42. The topological polar surface area (TPSA) is 26.0 Å². The molecule has 1 rings (SSSR count). The van der Waals surface area contributed by atoms with Gasteiger partial charge in [-0.25, -0.2) is 0 Å². The molecule has 80 valence electrons. The summed E-state index contributed by atoms with van der Waals surface area (Å²) in [7, 11) is 0. The van der Waals surface area contributed by atoms with Crippen LogP contribution in [0.15, 0.2) is 30.3 Å². The molecule has 0 aromatic heterocycles. The van der Waals surface area contributed by atoms with Gasteiger partial charge in [0.15, 0.2) is 0 Å². The number of rotatable bonds is 3. The predicted molar refractivity (Wildman–Crippen MR) is 44.3 cm³/mol. The molecule has 0 fully saturated rings. The molecule has 1 aromatic rings. The molecule has 1 unspecified atom stereocenters. The summed E-state index contributed by atoms with van der Waals surface area (Å²) in [5.41, 5.74) is 5.54. The molecule has 0 saturated carbocycles. The summed E-state index contributed by atoms with van der Waals surface area (Å²) in [5.74, 6) is 0. The van der Waals surface area contributed by atoms with Crippen molar-refractivity contribution in [3.05, 3.63) is 35.9 Å². The Morgan fingerprint density at radius 1 is 1.21 bits per heavy atom. The SMILES string of the molecule is NC[I-]C(c1ccccc1)C(F)(F)F. The predicted octanol–water partition coefficient (Wildman–Crippen LogP) is -0.705. The van der Waals surface area contributed by atoms with Crippen molar-refractivity contribution in [2.24, 2.45) is 5.73 Å². The van der Waals surface area contributed by atoms with Gasteiger partial charge in [-0.05, 0) is 0 Å². The van der Waals surface area contributed by atoms with E-state index in [0.29, 0.717) is 5.56 Å². The molecule has 0 aliphatic heterocycles. The van der Waals surface area contributed by atoms with Crippen molar-refractivity contribution >= 4 is 0 Å². The van der Waals surface area contributed by atoms with Crippen LogP contribution in [0, 0.1) is 0 Å². The van der Waals surface area contributed by atoms with E-state index in [1.54, 1.807) is 18.2 Å². The van der Waals surface area contributed by atoms with Gasteiger partial charge in [-0.1, -0.05) is 0 Å². The number of hydrogen-bond acceptors (Lipinski definition) is 1. The Balaban J connectivity index is 2.89. The molecule has 2 N–H and O–H groups in total. The molecule has 0 radical (unpaired) electrons. The van der Waals surface area contributed by atoms with Crippen LogP contribution >= 0.6 is 0 Å².